The summed E-state index contributed by atoms with van der Waals surface area (Å²) < 4.78 is 26.6. The van der Waals surface area contributed by atoms with Gasteiger partial charge in [-0.15, -0.1) is 0 Å². The monoisotopic (exact) mass is 305 g/mol. The third kappa shape index (κ3) is 3.90. The molecule has 1 aromatic carbocycles. The van der Waals surface area contributed by atoms with Gasteiger partial charge in [-0.05, 0) is 18.6 Å². The summed E-state index contributed by atoms with van der Waals surface area (Å²) in [4.78, 5) is 22.8. The first-order valence-corrected chi connectivity index (χ1v) is 6.43. The number of nitrogens with one attached hydrogen (secondary N) is 1. The Labute approximate surface area is 119 Å². The Morgan fingerprint density at radius 3 is 2.60 bits per heavy atom. The molecule has 1 amide bonds. The van der Waals surface area contributed by atoms with E-state index in [4.69, 9.17) is 16.7 Å². The molecule has 1 atom stereocenters. The Bertz CT molecular complexity index is 523. The minimum Gasteiger partial charge on any atom is -0.480 e. The molecule has 0 radical (unpaired) electrons. The van der Waals surface area contributed by atoms with Crippen molar-refractivity contribution in [2.45, 2.75) is 32.2 Å². The predicted molar refractivity (Wildman–Crippen MR) is 69.8 cm³/mol. The Kier molecular flexibility index (Phi) is 5.88. The molecule has 110 valence electrons. The number of hydrogen-bond acceptors (Lipinski definition) is 2. The average Bonchev–Trinajstić information content (AvgIpc) is 2.40. The molecule has 0 aromatic heterocycles. The zero-order valence-corrected chi connectivity index (χ0v) is 11.5. The van der Waals surface area contributed by atoms with E-state index in [1.165, 1.54) is 0 Å². The van der Waals surface area contributed by atoms with Crippen LogP contribution in [0.5, 0.6) is 0 Å². The van der Waals surface area contributed by atoms with Gasteiger partial charge in [-0.2, -0.15) is 0 Å². The Balaban J connectivity index is 2.89. The summed E-state index contributed by atoms with van der Waals surface area (Å²) in [5.41, 5.74) is -0.487. The van der Waals surface area contributed by atoms with Crippen LogP contribution >= 0.6 is 11.6 Å². The van der Waals surface area contributed by atoms with Crippen LogP contribution in [0.3, 0.4) is 0 Å². The van der Waals surface area contributed by atoms with E-state index in [1.54, 1.807) is 0 Å². The molecule has 1 unspecified atom stereocenters. The molecule has 2 N–H and O–H groups in total. The summed E-state index contributed by atoms with van der Waals surface area (Å²) in [5, 5.41) is 10.4. The molecule has 1 rings (SSSR count). The van der Waals surface area contributed by atoms with Crippen LogP contribution in [-0.2, 0) is 4.79 Å². The zero-order valence-electron chi connectivity index (χ0n) is 10.8. The van der Waals surface area contributed by atoms with Gasteiger partial charge in [0.05, 0.1) is 5.56 Å². The molecule has 0 saturated heterocycles. The van der Waals surface area contributed by atoms with E-state index in [2.05, 4.69) is 5.32 Å². The molecule has 0 heterocycles. The van der Waals surface area contributed by atoms with Crippen LogP contribution in [0.2, 0.25) is 5.02 Å². The molecular formula is C13H14ClF2NO3. The molecule has 0 aliphatic heterocycles. The van der Waals surface area contributed by atoms with Crippen molar-refractivity contribution in [3.63, 3.8) is 0 Å². The minimum absolute atomic E-state index is 0.230. The van der Waals surface area contributed by atoms with Crippen molar-refractivity contribution in [2.75, 3.05) is 0 Å². The number of halogens is 3. The van der Waals surface area contributed by atoms with Crippen molar-refractivity contribution in [3.8, 4) is 0 Å². The first-order chi connectivity index (χ1) is 9.38. The van der Waals surface area contributed by atoms with Crippen LogP contribution in [-0.4, -0.2) is 23.0 Å². The highest BCUT2D eigenvalue weighted by molar-refractivity contribution is 6.31. The molecule has 4 nitrogen and oxygen atoms in total. The van der Waals surface area contributed by atoms with Gasteiger partial charge in [0.15, 0.2) is 5.82 Å². The highest BCUT2D eigenvalue weighted by Crippen LogP contribution is 2.22. The molecule has 0 spiro atoms. The van der Waals surface area contributed by atoms with Gasteiger partial charge in [-0.25, -0.2) is 13.6 Å². The second-order valence-electron chi connectivity index (χ2n) is 4.23. The summed E-state index contributed by atoms with van der Waals surface area (Å²) in [5.74, 6) is -4.33. The standard InChI is InChI=1S/C13H14ClF2NO3/c1-2-3-4-9(13(19)20)17-12(18)7-5-6-8(15)10(14)11(7)16/h5-6,9H,2-4H2,1H3,(H,17,18)(H,19,20). The normalized spacial score (nSPS) is 12.0. The fraction of sp³-hybridized carbons (Fsp3) is 0.385. The van der Waals surface area contributed by atoms with Gasteiger partial charge in [0.2, 0.25) is 0 Å². The lowest BCUT2D eigenvalue weighted by Gasteiger charge is -2.14. The Hall–Kier alpha value is -1.69. The number of unbranched alkanes of at least 4 members (excludes halogenated alkanes) is 1. The highest BCUT2D eigenvalue weighted by atomic mass is 35.5. The van der Waals surface area contributed by atoms with E-state index in [1.807, 2.05) is 6.92 Å². The second-order valence-corrected chi connectivity index (χ2v) is 4.61. The van der Waals surface area contributed by atoms with Crippen LogP contribution < -0.4 is 5.32 Å². The van der Waals surface area contributed by atoms with E-state index in [-0.39, 0.29) is 6.42 Å². The van der Waals surface area contributed by atoms with Gasteiger partial charge in [-0.3, -0.25) is 4.79 Å². The number of carbonyl (C=O) groups is 2. The van der Waals surface area contributed by atoms with E-state index < -0.39 is 40.1 Å². The topological polar surface area (TPSA) is 66.4 Å². The SMILES string of the molecule is CCCCC(NC(=O)c1ccc(F)c(Cl)c1F)C(=O)O. The van der Waals surface area contributed by atoms with Crippen molar-refractivity contribution in [1.82, 2.24) is 5.32 Å². The van der Waals surface area contributed by atoms with Gasteiger partial charge in [-0.1, -0.05) is 31.4 Å². The van der Waals surface area contributed by atoms with E-state index in [9.17, 15) is 18.4 Å². The van der Waals surface area contributed by atoms with Crippen molar-refractivity contribution < 1.29 is 23.5 Å². The first kappa shape index (κ1) is 16.4. The number of hydrogen-bond donors (Lipinski definition) is 2. The van der Waals surface area contributed by atoms with Crippen LogP contribution in [0.1, 0.15) is 36.5 Å². The number of rotatable bonds is 6. The summed E-state index contributed by atoms with van der Waals surface area (Å²) in [6, 6.07) is 0.651. The van der Waals surface area contributed by atoms with Gasteiger partial charge in [0, 0.05) is 0 Å². The number of carboxylic acid groups (broad SMARTS) is 1. The Morgan fingerprint density at radius 1 is 1.40 bits per heavy atom. The van der Waals surface area contributed by atoms with E-state index in [0.29, 0.717) is 6.42 Å². The number of aliphatic carboxylic acids is 1. The quantitative estimate of drug-likeness (QED) is 0.794. The van der Waals surface area contributed by atoms with Crippen molar-refractivity contribution in [3.05, 3.63) is 34.4 Å². The Morgan fingerprint density at radius 2 is 2.05 bits per heavy atom. The number of amides is 1. The summed E-state index contributed by atoms with van der Waals surface area (Å²) in [6.07, 6.45) is 1.59. The molecule has 1 aromatic rings. The van der Waals surface area contributed by atoms with Crippen molar-refractivity contribution in [2.24, 2.45) is 0 Å². The van der Waals surface area contributed by atoms with Gasteiger partial charge in [0.25, 0.3) is 5.91 Å². The summed E-state index contributed by atoms with van der Waals surface area (Å²) in [6.45, 7) is 1.88. The van der Waals surface area contributed by atoms with Crippen LogP contribution in [0.15, 0.2) is 12.1 Å². The molecule has 0 saturated carbocycles. The molecule has 7 heteroatoms. The average molecular weight is 306 g/mol. The number of benzene rings is 1. The third-order valence-corrected chi connectivity index (χ3v) is 3.08. The van der Waals surface area contributed by atoms with Crippen molar-refractivity contribution in [1.29, 1.82) is 0 Å². The fourth-order valence-electron chi connectivity index (χ4n) is 1.60. The van der Waals surface area contributed by atoms with Gasteiger partial charge < -0.3 is 10.4 Å². The predicted octanol–water partition coefficient (Wildman–Crippen LogP) is 2.99. The maximum Gasteiger partial charge on any atom is 0.326 e. The minimum atomic E-state index is -1.21. The lowest BCUT2D eigenvalue weighted by atomic mass is 10.1. The lowest BCUT2D eigenvalue weighted by Crippen LogP contribution is -2.41. The van der Waals surface area contributed by atoms with Crippen LogP contribution in [0, 0.1) is 11.6 Å². The van der Waals surface area contributed by atoms with E-state index >= 15 is 0 Å². The number of carboxylic acids is 1. The summed E-state index contributed by atoms with van der Waals surface area (Å²) >= 11 is 5.36. The second kappa shape index (κ2) is 7.19. The first-order valence-electron chi connectivity index (χ1n) is 6.05. The molecule has 0 fully saturated rings. The maximum absolute atomic E-state index is 13.6. The third-order valence-electron chi connectivity index (χ3n) is 2.73. The van der Waals surface area contributed by atoms with E-state index in [0.717, 1.165) is 18.6 Å². The smallest absolute Gasteiger partial charge is 0.326 e. The van der Waals surface area contributed by atoms with Crippen LogP contribution in [0.25, 0.3) is 0 Å². The summed E-state index contributed by atoms with van der Waals surface area (Å²) in [7, 11) is 0. The van der Waals surface area contributed by atoms with Crippen LogP contribution in [0.4, 0.5) is 8.78 Å². The molecular weight excluding hydrogens is 292 g/mol. The van der Waals surface area contributed by atoms with Gasteiger partial charge >= 0.3 is 5.97 Å². The highest BCUT2D eigenvalue weighted by Gasteiger charge is 2.23. The van der Waals surface area contributed by atoms with Crippen molar-refractivity contribution >= 4 is 23.5 Å². The molecule has 0 bridgehead atoms. The zero-order chi connectivity index (χ0) is 15.3. The molecule has 20 heavy (non-hydrogen) atoms. The lowest BCUT2D eigenvalue weighted by molar-refractivity contribution is -0.139. The molecule has 0 aliphatic carbocycles. The number of carbonyl (C=O) groups excluding carboxylic acids is 1. The largest absolute Gasteiger partial charge is 0.480 e. The maximum atomic E-state index is 13.6. The molecule has 0 aliphatic rings. The van der Waals surface area contributed by atoms with Gasteiger partial charge in [0.1, 0.15) is 16.9 Å². The fourth-order valence-corrected chi connectivity index (χ4v) is 1.77.